The summed E-state index contributed by atoms with van der Waals surface area (Å²) in [5.41, 5.74) is 1.07. The van der Waals surface area contributed by atoms with E-state index in [9.17, 15) is 14.0 Å². The van der Waals surface area contributed by atoms with E-state index in [2.05, 4.69) is 0 Å². The predicted octanol–water partition coefficient (Wildman–Crippen LogP) is 4.00. The maximum Gasteiger partial charge on any atom is 0.414 e. The lowest BCUT2D eigenvalue weighted by molar-refractivity contribution is -0.130. The minimum atomic E-state index is -0.473. The van der Waals surface area contributed by atoms with E-state index in [-0.39, 0.29) is 17.8 Å². The van der Waals surface area contributed by atoms with Crippen molar-refractivity contribution < 1.29 is 23.5 Å². The number of carbonyl (C=O) groups is 2. The Labute approximate surface area is 152 Å². The number of nitrogens with zero attached hydrogens (tertiary/aromatic N) is 1. The Hall–Kier alpha value is -2.37. The lowest BCUT2D eigenvalue weighted by atomic mass is 9.70. The molecule has 1 heterocycles. The molecule has 26 heavy (non-hydrogen) atoms. The summed E-state index contributed by atoms with van der Waals surface area (Å²) in [6, 6.07) is 4.54. The molecule has 5 nitrogen and oxygen atoms in total. The summed E-state index contributed by atoms with van der Waals surface area (Å²) in [7, 11) is 1.37. The van der Waals surface area contributed by atoms with Crippen molar-refractivity contribution in [2.45, 2.75) is 50.7 Å². The number of rotatable bonds is 4. The maximum absolute atomic E-state index is 13.8. The van der Waals surface area contributed by atoms with Gasteiger partial charge in [-0.2, -0.15) is 0 Å². The van der Waals surface area contributed by atoms with E-state index in [4.69, 9.17) is 9.47 Å². The number of benzene rings is 1. The molecule has 1 aliphatic heterocycles. The Morgan fingerprint density at radius 1 is 1.42 bits per heavy atom. The highest BCUT2D eigenvalue weighted by atomic mass is 19.1. The van der Waals surface area contributed by atoms with E-state index in [0.29, 0.717) is 12.9 Å². The summed E-state index contributed by atoms with van der Waals surface area (Å²) >= 11 is 0. The zero-order chi connectivity index (χ0) is 18.7. The summed E-state index contributed by atoms with van der Waals surface area (Å²) in [6.45, 7) is 2.22. The van der Waals surface area contributed by atoms with Gasteiger partial charge in [0.05, 0.1) is 18.3 Å². The molecular weight excluding hydrogens is 337 g/mol. The molecule has 0 aromatic heterocycles. The number of anilines is 1. The van der Waals surface area contributed by atoms with E-state index in [1.807, 2.05) is 12.2 Å². The second-order valence-electron chi connectivity index (χ2n) is 7.03. The molecule has 1 aromatic carbocycles. The van der Waals surface area contributed by atoms with Gasteiger partial charge < -0.3 is 9.47 Å². The normalized spacial score (nSPS) is 26.0. The number of hydrogen-bond donors (Lipinski definition) is 0. The molecule has 2 aliphatic rings. The number of carbonyl (C=O) groups excluding carboxylic acids is 2. The first kappa shape index (κ1) is 18.4. The van der Waals surface area contributed by atoms with Gasteiger partial charge in [-0.1, -0.05) is 18.9 Å². The number of fused-ring (bicyclic) bond motifs is 1. The Kier molecular flexibility index (Phi) is 5.30. The second-order valence-corrected chi connectivity index (χ2v) is 7.03. The lowest BCUT2D eigenvalue weighted by Crippen LogP contribution is -2.56. The van der Waals surface area contributed by atoms with Gasteiger partial charge in [0, 0.05) is 5.92 Å². The van der Waals surface area contributed by atoms with Gasteiger partial charge in [0.2, 0.25) is 0 Å². The molecule has 0 bridgehead atoms. The van der Waals surface area contributed by atoms with Crippen LogP contribution in [0.4, 0.5) is 14.9 Å². The van der Waals surface area contributed by atoms with Crippen LogP contribution in [-0.2, 0) is 20.7 Å². The van der Waals surface area contributed by atoms with Crippen LogP contribution in [0.5, 0.6) is 0 Å². The summed E-state index contributed by atoms with van der Waals surface area (Å²) < 4.78 is 23.8. The van der Waals surface area contributed by atoms with Crippen LogP contribution in [0.25, 0.3) is 0 Å². The summed E-state index contributed by atoms with van der Waals surface area (Å²) in [5, 5.41) is 0. The van der Waals surface area contributed by atoms with Crippen LogP contribution < -0.4 is 4.90 Å². The fourth-order valence-electron chi connectivity index (χ4n) is 4.38. The molecule has 0 saturated heterocycles. The van der Waals surface area contributed by atoms with Gasteiger partial charge >= 0.3 is 6.09 Å². The molecule has 1 saturated carbocycles. The molecule has 140 valence electrons. The third kappa shape index (κ3) is 3.20. The highest BCUT2D eigenvalue weighted by molar-refractivity contribution is 5.92. The minimum Gasteiger partial charge on any atom is -0.461 e. The van der Waals surface area contributed by atoms with Crippen molar-refractivity contribution in [2.75, 3.05) is 12.0 Å². The fourth-order valence-corrected chi connectivity index (χ4v) is 4.38. The standard InChI is InChI=1S/C20H24FNO4/c1-14(26-13-23)6-7-16-5-3-4-10-20(16)12-15-11-17(21)8-9-18(15)22(20)19(24)25-2/h6-9,11,13-14,16H,3-5,10,12H2,1-2H3/b7-6+/t14?,16-,20-/m0/s1. The van der Waals surface area contributed by atoms with Crippen LogP contribution in [0.3, 0.4) is 0 Å². The fraction of sp³-hybridized carbons (Fsp3) is 0.500. The molecule has 1 aromatic rings. The number of amides is 1. The Bertz CT molecular complexity index is 720. The number of ether oxygens (including phenoxy) is 2. The van der Waals surface area contributed by atoms with Crippen molar-refractivity contribution in [1.82, 2.24) is 0 Å². The topological polar surface area (TPSA) is 55.8 Å². The zero-order valence-corrected chi connectivity index (χ0v) is 15.1. The molecular formula is C20H24FNO4. The molecule has 1 amide bonds. The summed E-state index contributed by atoms with van der Waals surface area (Å²) in [4.78, 5) is 24.9. The van der Waals surface area contributed by atoms with Gasteiger partial charge in [-0.25, -0.2) is 9.18 Å². The second kappa shape index (κ2) is 7.48. The summed E-state index contributed by atoms with van der Waals surface area (Å²) in [5.74, 6) is -0.231. The van der Waals surface area contributed by atoms with Gasteiger partial charge in [-0.15, -0.1) is 0 Å². The van der Waals surface area contributed by atoms with E-state index in [1.165, 1.54) is 19.2 Å². The smallest absolute Gasteiger partial charge is 0.414 e. The van der Waals surface area contributed by atoms with E-state index >= 15 is 0 Å². The Morgan fingerprint density at radius 3 is 2.96 bits per heavy atom. The number of hydrogen-bond acceptors (Lipinski definition) is 4. The van der Waals surface area contributed by atoms with E-state index in [0.717, 1.165) is 36.9 Å². The zero-order valence-electron chi connectivity index (χ0n) is 15.1. The van der Waals surface area contributed by atoms with Gasteiger partial charge in [-0.05, 0) is 56.0 Å². The first-order valence-electron chi connectivity index (χ1n) is 8.96. The summed E-state index contributed by atoms with van der Waals surface area (Å²) in [6.07, 6.45) is 7.50. The lowest BCUT2D eigenvalue weighted by Gasteiger charge is -2.46. The van der Waals surface area contributed by atoms with Crippen LogP contribution >= 0.6 is 0 Å². The Balaban J connectivity index is 2.00. The molecule has 3 atom stereocenters. The molecule has 3 rings (SSSR count). The highest BCUT2D eigenvalue weighted by Gasteiger charge is 2.52. The quantitative estimate of drug-likeness (QED) is 0.601. The molecule has 0 N–H and O–H groups in total. The number of halogens is 1. The molecule has 1 fully saturated rings. The SMILES string of the molecule is COC(=O)N1c2ccc(F)cc2C[C@]12CCCC[C@H]2/C=C/C(C)OC=O. The van der Waals surface area contributed by atoms with Gasteiger partial charge in [0.25, 0.3) is 6.47 Å². The van der Waals surface area contributed by atoms with Crippen LogP contribution in [-0.4, -0.2) is 31.3 Å². The van der Waals surface area contributed by atoms with Crippen molar-refractivity contribution in [3.63, 3.8) is 0 Å². The van der Waals surface area contributed by atoms with Crippen molar-refractivity contribution in [3.8, 4) is 0 Å². The number of methoxy groups -OCH3 is 1. The van der Waals surface area contributed by atoms with Crippen molar-refractivity contribution in [3.05, 3.63) is 41.7 Å². The van der Waals surface area contributed by atoms with Crippen molar-refractivity contribution >= 4 is 18.3 Å². The molecule has 1 unspecified atom stereocenters. The minimum absolute atomic E-state index is 0.0727. The van der Waals surface area contributed by atoms with Crippen LogP contribution in [0, 0.1) is 11.7 Å². The molecule has 0 radical (unpaired) electrons. The first-order valence-corrected chi connectivity index (χ1v) is 8.96. The van der Waals surface area contributed by atoms with Crippen LogP contribution in [0.1, 0.15) is 38.2 Å². The Morgan fingerprint density at radius 2 is 2.23 bits per heavy atom. The van der Waals surface area contributed by atoms with Crippen LogP contribution in [0.15, 0.2) is 30.4 Å². The molecule has 1 spiro atoms. The molecule has 6 heteroatoms. The third-order valence-corrected chi connectivity index (χ3v) is 5.53. The maximum atomic E-state index is 13.8. The van der Waals surface area contributed by atoms with Crippen LogP contribution in [0.2, 0.25) is 0 Å². The van der Waals surface area contributed by atoms with Crippen molar-refractivity contribution in [2.24, 2.45) is 5.92 Å². The van der Waals surface area contributed by atoms with Gasteiger partial charge in [0.1, 0.15) is 11.9 Å². The highest BCUT2D eigenvalue weighted by Crippen LogP contribution is 2.50. The monoisotopic (exact) mass is 361 g/mol. The van der Waals surface area contributed by atoms with Gasteiger partial charge in [0.15, 0.2) is 0 Å². The molecule has 1 aliphatic carbocycles. The average Bonchev–Trinajstić information content (AvgIpc) is 2.93. The largest absolute Gasteiger partial charge is 0.461 e. The first-order chi connectivity index (χ1) is 12.5. The third-order valence-electron chi connectivity index (χ3n) is 5.53. The average molecular weight is 361 g/mol. The van der Waals surface area contributed by atoms with Crippen molar-refractivity contribution in [1.29, 1.82) is 0 Å². The van der Waals surface area contributed by atoms with E-state index < -0.39 is 11.6 Å². The van der Waals surface area contributed by atoms with E-state index in [1.54, 1.807) is 17.9 Å². The predicted molar refractivity (Wildman–Crippen MR) is 95.4 cm³/mol. The van der Waals surface area contributed by atoms with Gasteiger partial charge in [-0.3, -0.25) is 9.69 Å².